The van der Waals surface area contributed by atoms with Crippen LogP contribution in [0.15, 0.2) is 30.3 Å². The summed E-state index contributed by atoms with van der Waals surface area (Å²) in [5.74, 6) is -0.858. The summed E-state index contributed by atoms with van der Waals surface area (Å²) in [6.45, 7) is 2.55. The van der Waals surface area contributed by atoms with Crippen LogP contribution in [0.2, 0.25) is 0 Å². The van der Waals surface area contributed by atoms with E-state index in [2.05, 4.69) is 0 Å². The number of para-hydroxylation sites is 1. The maximum Gasteiger partial charge on any atom is 0.308 e. The molecule has 19 heavy (non-hydrogen) atoms. The molecular weight excluding hydrogens is 246 g/mol. The van der Waals surface area contributed by atoms with Crippen LogP contribution in [0.25, 0.3) is 0 Å². The normalized spacial score (nSPS) is 22.3. The van der Waals surface area contributed by atoms with Crippen molar-refractivity contribution in [1.82, 2.24) is 4.90 Å². The molecule has 1 aromatic carbocycles. The molecular formula is C14H17NO4. The van der Waals surface area contributed by atoms with E-state index in [9.17, 15) is 9.59 Å². The number of carboxylic acid groups (broad SMARTS) is 1. The van der Waals surface area contributed by atoms with E-state index in [1.807, 2.05) is 25.1 Å². The molecule has 1 amide bonds. The molecule has 0 unspecified atom stereocenters. The molecule has 2 atom stereocenters. The fourth-order valence-corrected chi connectivity index (χ4v) is 2.24. The van der Waals surface area contributed by atoms with Crippen LogP contribution in [0.1, 0.15) is 6.92 Å². The zero-order valence-electron chi connectivity index (χ0n) is 10.8. The second kappa shape index (κ2) is 5.73. The topological polar surface area (TPSA) is 66.8 Å². The van der Waals surface area contributed by atoms with E-state index >= 15 is 0 Å². The highest BCUT2D eigenvalue weighted by Crippen LogP contribution is 2.23. The Morgan fingerprint density at radius 1 is 1.32 bits per heavy atom. The number of nitrogens with zero attached hydrogens (tertiary/aromatic N) is 1. The average Bonchev–Trinajstić information content (AvgIpc) is 2.79. The highest BCUT2D eigenvalue weighted by Gasteiger charge is 2.36. The number of carbonyl (C=O) groups excluding carboxylic acids is 1. The second-order valence-corrected chi connectivity index (χ2v) is 4.82. The Bertz CT molecular complexity index is 460. The number of benzene rings is 1. The standard InChI is InChI=1S/C14H17NO4/c1-10-7-15(8-12(10)14(17)18)13(16)9-19-11-5-3-2-4-6-11/h2-6,10,12H,7-9H2,1H3,(H,17,18)/t10-,12-/m1/s1. The van der Waals surface area contributed by atoms with Gasteiger partial charge in [-0.25, -0.2) is 0 Å². The van der Waals surface area contributed by atoms with Gasteiger partial charge in [0.1, 0.15) is 5.75 Å². The highest BCUT2D eigenvalue weighted by atomic mass is 16.5. The lowest BCUT2D eigenvalue weighted by Crippen LogP contribution is -2.33. The lowest BCUT2D eigenvalue weighted by molar-refractivity contribution is -0.142. The molecule has 1 saturated heterocycles. The van der Waals surface area contributed by atoms with Crippen LogP contribution in [0.5, 0.6) is 5.75 Å². The van der Waals surface area contributed by atoms with Gasteiger partial charge in [-0.15, -0.1) is 0 Å². The van der Waals surface area contributed by atoms with Gasteiger partial charge in [0.2, 0.25) is 0 Å². The lowest BCUT2D eigenvalue weighted by atomic mass is 9.99. The van der Waals surface area contributed by atoms with Crippen molar-refractivity contribution in [2.45, 2.75) is 6.92 Å². The van der Waals surface area contributed by atoms with Gasteiger partial charge in [0.15, 0.2) is 6.61 Å². The summed E-state index contributed by atoms with van der Waals surface area (Å²) in [5, 5.41) is 9.02. The van der Waals surface area contributed by atoms with Crippen LogP contribution in [0.3, 0.4) is 0 Å². The van der Waals surface area contributed by atoms with Crippen LogP contribution in [0.4, 0.5) is 0 Å². The largest absolute Gasteiger partial charge is 0.484 e. The Morgan fingerprint density at radius 3 is 2.58 bits per heavy atom. The molecule has 1 aliphatic rings. The Hall–Kier alpha value is -2.04. The molecule has 1 heterocycles. The molecule has 5 heteroatoms. The van der Waals surface area contributed by atoms with Crippen molar-refractivity contribution in [1.29, 1.82) is 0 Å². The number of aliphatic carboxylic acids is 1. The van der Waals surface area contributed by atoms with Gasteiger partial charge in [-0.1, -0.05) is 25.1 Å². The molecule has 1 fully saturated rings. The first kappa shape index (κ1) is 13.4. The van der Waals surface area contributed by atoms with Crippen molar-refractivity contribution >= 4 is 11.9 Å². The Balaban J connectivity index is 1.86. The maximum absolute atomic E-state index is 11.9. The van der Waals surface area contributed by atoms with Gasteiger partial charge in [0, 0.05) is 13.1 Å². The van der Waals surface area contributed by atoms with Gasteiger partial charge in [-0.3, -0.25) is 9.59 Å². The zero-order chi connectivity index (χ0) is 13.8. The quantitative estimate of drug-likeness (QED) is 0.887. The Kier molecular flexibility index (Phi) is 4.04. The first-order chi connectivity index (χ1) is 9.08. The average molecular weight is 263 g/mol. The minimum absolute atomic E-state index is 0.0156. The number of hydrogen-bond acceptors (Lipinski definition) is 3. The van der Waals surface area contributed by atoms with Crippen LogP contribution >= 0.6 is 0 Å². The van der Waals surface area contributed by atoms with Gasteiger partial charge in [0.05, 0.1) is 5.92 Å². The number of carboxylic acids is 1. The van der Waals surface area contributed by atoms with Crippen LogP contribution in [0, 0.1) is 11.8 Å². The zero-order valence-corrected chi connectivity index (χ0v) is 10.8. The molecule has 0 saturated carbocycles. The first-order valence-corrected chi connectivity index (χ1v) is 6.26. The molecule has 1 aliphatic heterocycles. The summed E-state index contributed by atoms with van der Waals surface area (Å²) in [4.78, 5) is 24.5. The summed E-state index contributed by atoms with van der Waals surface area (Å²) in [6.07, 6.45) is 0. The van der Waals surface area contributed by atoms with E-state index in [0.29, 0.717) is 12.3 Å². The van der Waals surface area contributed by atoms with Crippen molar-refractivity contribution in [3.05, 3.63) is 30.3 Å². The highest BCUT2D eigenvalue weighted by molar-refractivity contribution is 5.80. The number of likely N-dealkylation sites (tertiary alicyclic amines) is 1. The molecule has 1 aromatic rings. The van der Waals surface area contributed by atoms with E-state index in [4.69, 9.17) is 9.84 Å². The number of amides is 1. The van der Waals surface area contributed by atoms with Crippen molar-refractivity contribution < 1.29 is 19.4 Å². The summed E-state index contributed by atoms with van der Waals surface area (Å²) < 4.78 is 5.37. The van der Waals surface area contributed by atoms with Gasteiger partial charge in [0.25, 0.3) is 5.91 Å². The van der Waals surface area contributed by atoms with E-state index in [-0.39, 0.29) is 25.0 Å². The molecule has 1 N–H and O–H groups in total. The monoisotopic (exact) mass is 263 g/mol. The number of ether oxygens (including phenoxy) is 1. The van der Waals surface area contributed by atoms with Gasteiger partial charge >= 0.3 is 5.97 Å². The van der Waals surface area contributed by atoms with Gasteiger partial charge in [-0.05, 0) is 18.1 Å². The molecule has 5 nitrogen and oxygen atoms in total. The minimum atomic E-state index is -0.841. The third kappa shape index (κ3) is 3.24. The third-order valence-electron chi connectivity index (χ3n) is 3.39. The number of carbonyl (C=O) groups is 2. The third-order valence-corrected chi connectivity index (χ3v) is 3.39. The van der Waals surface area contributed by atoms with Crippen LogP contribution in [-0.2, 0) is 9.59 Å². The molecule has 0 radical (unpaired) electrons. The lowest BCUT2D eigenvalue weighted by Gasteiger charge is -2.16. The Morgan fingerprint density at radius 2 is 2.00 bits per heavy atom. The first-order valence-electron chi connectivity index (χ1n) is 6.26. The molecule has 0 aromatic heterocycles. The van der Waals surface area contributed by atoms with E-state index in [1.165, 1.54) is 0 Å². The van der Waals surface area contributed by atoms with Gasteiger partial charge < -0.3 is 14.7 Å². The predicted octanol–water partition coefficient (Wildman–Crippen LogP) is 1.24. The summed E-state index contributed by atoms with van der Waals surface area (Å²) in [6, 6.07) is 9.09. The molecule has 0 spiro atoms. The molecule has 0 bridgehead atoms. The maximum atomic E-state index is 11.9. The summed E-state index contributed by atoms with van der Waals surface area (Å²) in [7, 11) is 0. The van der Waals surface area contributed by atoms with Crippen molar-refractivity contribution in [2.75, 3.05) is 19.7 Å². The van der Waals surface area contributed by atoms with E-state index in [1.54, 1.807) is 17.0 Å². The van der Waals surface area contributed by atoms with Crippen molar-refractivity contribution in [2.24, 2.45) is 11.8 Å². The second-order valence-electron chi connectivity index (χ2n) is 4.82. The summed E-state index contributed by atoms with van der Waals surface area (Å²) in [5.41, 5.74) is 0. The minimum Gasteiger partial charge on any atom is -0.484 e. The van der Waals surface area contributed by atoms with Crippen LogP contribution < -0.4 is 4.74 Å². The van der Waals surface area contributed by atoms with E-state index < -0.39 is 11.9 Å². The molecule has 0 aliphatic carbocycles. The smallest absolute Gasteiger partial charge is 0.308 e. The molecule has 2 rings (SSSR count). The fourth-order valence-electron chi connectivity index (χ4n) is 2.24. The SMILES string of the molecule is C[C@@H]1CN(C(=O)COc2ccccc2)C[C@H]1C(=O)O. The fraction of sp³-hybridized carbons (Fsp3) is 0.429. The Labute approximate surface area is 111 Å². The van der Waals surface area contributed by atoms with Crippen molar-refractivity contribution in [3.63, 3.8) is 0 Å². The molecule has 102 valence electrons. The summed E-state index contributed by atoms with van der Waals surface area (Å²) >= 11 is 0. The van der Waals surface area contributed by atoms with E-state index in [0.717, 1.165) is 0 Å². The predicted molar refractivity (Wildman–Crippen MR) is 68.8 cm³/mol. The van der Waals surface area contributed by atoms with Crippen molar-refractivity contribution in [3.8, 4) is 5.75 Å². The van der Waals surface area contributed by atoms with Crippen LogP contribution in [-0.4, -0.2) is 41.6 Å². The number of rotatable bonds is 4. The van der Waals surface area contributed by atoms with Gasteiger partial charge in [-0.2, -0.15) is 0 Å². The number of hydrogen-bond donors (Lipinski definition) is 1.